The third-order valence-electron chi connectivity index (χ3n) is 1.89. The maximum absolute atomic E-state index is 11.5. The smallest absolute Gasteiger partial charge is 0.352 e. The van der Waals surface area contributed by atoms with Crippen LogP contribution in [0.2, 0.25) is 0 Å². The van der Waals surface area contributed by atoms with Crippen molar-refractivity contribution in [1.29, 1.82) is 0 Å². The van der Waals surface area contributed by atoms with Gasteiger partial charge in [-0.1, -0.05) is 0 Å². The summed E-state index contributed by atoms with van der Waals surface area (Å²) in [4.78, 5) is 25.9. The third-order valence-corrected chi connectivity index (χ3v) is 1.89. The van der Waals surface area contributed by atoms with Crippen molar-refractivity contribution in [2.24, 2.45) is 0 Å². The molecule has 2 aromatic rings. The van der Waals surface area contributed by atoms with Crippen LogP contribution < -0.4 is 11.0 Å². The van der Waals surface area contributed by atoms with Gasteiger partial charge in [0, 0.05) is 13.2 Å². The number of anilines is 1. The Labute approximate surface area is 85.2 Å². The lowest BCUT2D eigenvalue weighted by Gasteiger charge is -2.02. The Morgan fingerprint density at radius 1 is 1.60 bits per heavy atom. The van der Waals surface area contributed by atoms with Gasteiger partial charge in [0.1, 0.15) is 6.33 Å². The third kappa shape index (κ3) is 2.01. The lowest BCUT2D eigenvalue weighted by atomic mass is 10.5. The Morgan fingerprint density at radius 2 is 2.47 bits per heavy atom. The van der Waals surface area contributed by atoms with Crippen molar-refractivity contribution < 1.29 is 0 Å². The van der Waals surface area contributed by atoms with Gasteiger partial charge in [-0.2, -0.15) is 4.98 Å². The average molecular weight is 206 g/mol. The molecule has 0 amide bonds. The highest BCUT2D eigenvalue weighted by atomic mass is 16.1. The molecular weight excluding hydrogens is 196 g/mol. The van der Waals surface area contributed by atoms with E-state index in [0.717, 1.165) is 5.69 Å². The standard InChI is InChI=1S/C8H10N6O/c1-9-7-12-5-14(8(15)13-7)3-6-2-10-4-11-6/h2,4-5H,3H2,1H3,(H,10,11)(H,9,13,15). The predicted octanol–water partition coefficient (Wildman–Crippen LogP) is -0.549. The van der Waals surface area contributed by atoms with Crippen LogP contribution in [0.4, 0.5) is 5.95 Å². The van der Waals surface area contributed by atoms with Crippen molar-refractivity contribution in [3.8, 4) is 0 Å². The Hall–Kier alpha value is -2.18. The molecule has 0 aromatic carbocycles. The highest BCUT2D eigenvalue weighted by molar-refractivity contribution is 5.18. The number of imidazole rings is 1. The zero-order valence-electron chi connectivity index (χ0n) is 8.14. The molecule has 0 aliphatic rings. The van der Waals surface area contributed by atoms with Gasteiger partial charge in [0.15, 0.2) is 0 Å². The molecule has 0 aliphatic carbocycles. The van der Waals surface area contributed by atoms with Crippen LogP contribution in [0, 0.1) is 0 Å². The number of H-pyrrole nitrogens is 1. The molecule has 0 bridgehead atoms. The average Bonchev–Trinajstić information content (AvgIpc) is 2.74. The summed E-state index contributed by atoms with van der Waals surface area (Å²) >= 11 is 0. The van der Waals surface area contributed by atoms with Gasteiger partial charge in [0.25, 0.3) is 0 Å². The van der Waals surface area contributed by atoms with E-state index in [0.29, 0.717) is 12.5 Å². The van der Waals surface area contributed by atoms with E-state index in [9.17, 15) is 4.79 Å². The van der Waals surface area contributed by atoms with E-state index in [1.54, 1.807) is 19.6 Å². The maximum Gasteiger partial charge on any atom is 0.352 e. The van der Waals surface area contributed by atoms with Crippen LogP contribution >= 0.6 is 0 Å². The van der Waals surface area contributed by atoms with Crippen LogP contribution in [0.25, 0.3) is 0 Å². The molecule has 7 heteroatoms. The van der Waals surface area contributed by atoms with Crippen molar-refractivity contribution in [3.63, 3.8) is 0 Å². The van der Waals surface area contributed by atoms with E-state index < -0.39 is 0 Å². The summed E-state index contributed by atoms with van der Waals surface area (Å²) in [6, 6.07) is 0. The molecule has 0 fully saturated rings. The summed E-state index contributed by atoms with van der Waals surface area (Å²) < 4.78 is 1.40. The monoisotopic (exact) mass is 206 g/mol. The van der Waals surface area contributed by atoms with Crippen LogP contribution in [-0.4, -0.2) is 31.6 Å². The minimum Gasteiger partial charge on any atom is -0.357 e. The second-order valence-electron chi connectivity index (χ2n) is 2.92. The lowest BCUT2D eigenvalue weighted by Crippen LogP contribution is -2.24. The molecule has 2 rings (SSSR count). The van der Waals surface area contributed by atoms with E-state index in [2.05, 4.69) is 25.3 Å². The first-order valence-corrected chi connectivity index (χ1v) is 4.38. The van der Waals surface area contributed by atoms with Crippen LogP contribution in [0.1, 0.15) is 5.69 Å². The van der Waals surface area contributed by atoms with Gasteiger partial charge in [-0.05, 0) is 0 Å². The number of aromatic amines is 1. The molecule has 2 aromatic heterocycles. The van der Waals surface area contributed by atoms with Gasteiger partial charge >= 0.3 is 5.69 Å². The van der Waals surface area contributed by atoms with E-state index in [-0.39, 0.29) is 5.69 Å². The Kier molecular flexibility index (Phi) is 2.44. The molecular formula is C8H10N6O. The highest BCUT2D eigenvalue weighted by Gasteiger charge is 2.01. The molecule has 2 heterocycles. The van der Waals surface area contributed by atoms with Crippen molar-refractivity contribution in [1.82, 2.24) is 24.5 Å². The fraction of sp³-hybridized carbons (Fsp3) is 0.250. The van der Waals surface area contributed by atoms with E-state index in [1.807, 2.05) is 0 Å². The zero-order valence-corrected chi connectivity index (χ0v) is 8.14. The molecule has 0 atom stereocenters. The largest absolute Gasteiger partial charge is 0.357 e. The van der Waals surface area contributed by atoms with E-state index >= 15 is 0 Å². The number of nitrogens with zero attached hydrogens (tertiary/aromatic N) is 4. The minimum absolute atomic E-state index is 0.320. The van der Waals surface area contributed by atoms with Crippen LogP contribution in [0.15, 0.2) is 23.6 Å². The molecule has 0 saturated heterocycles. The summed E-state index contributed by atoms with van der Waals surface area (Å²) in [5.74, 6) is 0.320. The summed E-state index contributed by atoms with van der Waals surface area (Å²) in [7, 11) is 1.66. The zero-order chi connectivity index (χ0) is 10.7. The lowest BCUT2D eigenvalue weighted by molar-refractivity contribution is 0.691. The van der Waals surface area contributed by atoms with Gasteiger partial charge in [0.2, 0.25) is 5.95 Å². The molecule has 15 heavy (non-hydrogen) atoms. The fourth-order valence-corrected chi connectivity index (χ4v) is 1.14. The first-order chi connectivity index (χ1) is 7.29. The number of nitrogens with one attached hydrogen (secondary N) is 2. The van der Waals surface area contributed by atoms with Crippen LogP contribution in [0.3, 0.4) is 0 Å². The van der Waals surface area contributed by atoms with Crippen molar-refractivity contribution >= 4 is 5.95 Å². The van der Waals surface area contributed by atoms with Crippen molar-refractivity contribution in [3.05, 3.63) is 35.0 Å². The molecule has 0 spiro atoms. The topological polar surface area (TPSA) is 88.5 Å². The summed E-state index contributed by atoms with van der Waals surface area (Å²) in [5, 5.41) is 2.70. The first-order valence-electron chi connectivity index (χ1n) is 4.38. The molecule has 2 N–H and O–H groups in total. The Balaban J connectivity index is 2.26. The molecule has 0 saturated carbocycles. The van der Waals surface area contributed by atoms with Gasteiger partial charge in [-0.3, -0.25) is 4.57 Å². The van der Waals surface area contributed by atoms with Crippen LogP contribution in [-0.2, 0) is 6.54 Å². The molecule has 0 unspecified atom stereocenters. The quantitative estimate of drug-likeness (QED) is 0.703. The number of rotatable bonds is 3. The Morgan fingerprint density at radius 3 is 3.07 bits per heavy atom. The van der Waals surface area contributed by atoms with Gasteiger partial charge in [-0.25, -0.2) is 14.8 Å². The summed E-state index contributed by atoms with van der Waals surface area (Å²) in [6.07, 6.45) is 4.66. The predicted molar refractivity (Wildman–Crippen MR) is 53.5 cm³/mol. The molecule has 7 nitrogen and oxygen atoms in total. The Bertz CT molecular complexity index is 488. The second-order valence-corrected chi connectivity index (χ2v) is 2.92. The molecule has 0 aliphatic heterocycles. The SMILES string of the molecule is CNc1ncn(Cc2cnc[nH]2)c(=O)n1. The van der Waals surface area contributed by atoms with E-state index in [1.165, 1.54) is 10.9 Å². The molecule has 0 radical (unpaired) electrons. The maximum atomic E-state index is 11.5. The van der Waals surface area contributed by atoms with Gasteiger partial charge < -0.3 is 10.3 Å². The first kappa shape index (κ1) is 9.38. The number of aromatic nitrogens is 5. The fourth-order valence-electron chi connectivity index (χ4n) is 1.14. The van der Waals surface area contributed by atoms with Crippen molar-refractivity contribution in [2.75, 3.05) is 12.4 Å². The van der Waals surface area contributed by atoms with Gasteiger partial charge in [0.05, 0.1) is 18.6 Å². The van der Waals surface area contributed by atoms with Gasteiger partial charge in [-0.15, -0.1) is 0 Å². The number of hydrogen-bond donors (Lipinski definition) is 2. The normalized spacial score (nSPS) is 10.2. The van der Waals surface area contributed by atoms with E-state index in [4.69, 9.17) is 0 Å². The number of hydrogen-bond acceptors (Lipinski definition) is 5. The summed E-state index contributed by atoms with van der Waals surface area (Å²) in [6.45, 7) is 0.392. The highest BCUT2D eigenvalue weighted by Crippen LogP contribution is 1.94. The van der Waals surface area contributed by atoms with Crippen LogP contribution in [0.5, 0.6) is 0 Å². The second kappa shape index (κ2) is 3.91. The van der Waals surface area contributed by atoms with Crippen molar-refractivity contribution in [2.45, 2.75) is 6.54 Å². The minimum atomic E-state index is -0.344. The molecule has 78 valence electrons. The summed E-state index contributed by atoms with van der Waals surface area (Å²) in [5.41, 5.74) is 0.488.